The molecule has 1 aromatic rings. The number of aliphatic hydroxyl groups is 2. The van der Waals surface area contributed by atoms with E-state index in [9.17, 15) is 0 Å². The van der Waals surface area contributed by atoms with Crippen LogP contribution in [0.2, 0.25) is 0 Å². The average molecular weight is 184 g/mol. The summed E-state index contributed by atoms with van der Waals surface area (Å²) in [4.78, 5) is 0. The first-order valence-corrected chi connectivity index (χ1v) is 4.01. The molecule has 5 N–H and O–H groups in total. The van der Waals surface area contributed by atoms with Gasteiger partial charge in [0.2, 0.25) is 0 Å². The number of hydrogen-bond donors (Lipinski definition) is 4. The van der Waals surface area contributed by atoms with Gasteiger partial charge in [0.1, 0.15) is 0 Å². The second kappa shape index (κ2) is 7.54. The lowest BCUT2D eigenvalue weighted by atomic mass is 10.3. The monoisotopic (exact) mass is 184 g/mol. The van der Waals surface area contributed by atoms with Crippen LogP contribution in [-0.4, -0.2) is 22.9 Å². The Balaban J connectivity index is 0.000000252. The van der Waals surface area contributed by atoms with Gasteiger partial charge in [0.25, 0.3) is 0 Å². The van der Waals surface area contributed by atoms with Crippen molar-refractivity contribution in [1.29, 1.82) is 0 Å². The Bertz CT molecular complexity index is 202. The molecule has 0 saturated carbocycles. The molecule has 4 heteroatoms. The molecule has 0 saturated heterocycles. The fourth-order valence-electron chi connectivity index (χ4n) is 0.534. The summed E-state index contributed by atoms with van der Waals surface area (Å²) in [6.45, 7) is 1.39. The predicted octanol–water partition coefficient (Wildman–Crippen LogP) is 0.332. The van der Waals surface area contributed by atoms with E-state index in [1.165, 1.54) is 6.92 Å². The molecule has 1 aromatic carbocycles. The van der Waals surface area contributed by atoms with E-state index in [-0.39, 0.29) is 6.61 Å². The number of nitrogens with two attached hydrogens (primary N) is 1. The molecule has 0 bridgehead atoms. The van der Waals surface area contributed by atoms with E-state index in [2.05, 4.69) is 5.43 Å². The molecular weight excluding hydrogens is 168 g/mol. The minimum atomic E-state index is -0.560. The number of para-hydroxylation sites is 1. The molecule has 1 rings (SSSR count). The third kappa shape index (κ3) is 7.27. The highest BCUT2D eigenvalue weighted by molar-refractivity contribution is 5.40. The van der Waals surface area contributed by atoms with Gasteiger partial charge >= 0.3 is 0 Å². The molecule has 1 unspecified atom stereocenters. The number of rotatable bonds is 2. The van der Waals surface area contributed by atoms with Gasteiger partial charge in [-0.15, -0.1) is 0 Å². The van der Waals surface area contributed by atoms with Crippen molar-refractivity contribution < 1.29 is 10.2 Å². The summed E-state index contributed by atoms with van der Waals surface area (Å²) in [5, 5.41) is 16.0. The van der Waals surface area contributed by atoms with Crippen LogP contribution in [0.5, 0.6) is 0 Å². The number of aliphatic hydroxyl groups excluding tert-OH is 2. The van der Waals surface area contributed by atoms with Gasteiger partial charge in [-0.2, -0.15) is 0 Å². The Labute approximate surface area is 78.0 Å². The van der Waals surface area contributed by atoms with Gasteiger partial charge in [-0.05, 0) is 19.1 Å². The third-order valence-electron chi connectivity index (χ3n) is 1.20. The summed E-state index contributed by atoms with van der Waals surface area (Å²) >= 11 is 0. The maximum absolute atomic E-state index is 8.11. The lowest BCUT2D eigenvalue weighted by Gasteiger charge is -1.94. The maximum atomic E-state index is 8.11. The van der Waals surface area contributed by atoms with Crippen molar-refractivity contribution in [2.75, 3.05) is 12.0 Å². The van der Waals surface area contributed by atoms with Crippen LogP contribution >= 0.6 is 0 Å². The lowest BCUT2D eigenvalue weighted by Crippen LogP contribution is -2.05. The summed E-state index contributed by atoms with van der Waals surface area (Å²) in [6, 6.07) is 9.60. The molecule has 0 aromatic heterocycles. The van der Waals surface area contributed by atoms with Crippen molar-refractivity contribution in [1.82, 2.24) is 0 Å². The van der Waals surface area contributed by atoms with Crippen LogP contribution in [0.25, 0.3) is 0 Å². The third-order valence-corrected chi connectivity index (χ3v) is 1.20. The smallest absolute Gasteiger partial charge is 0.0742 e. The molecule has 0 fully saturated rings. The van der Waals surface area contributed by atoms with Crippen LogP contribution in [0, 0.1) is 0 Å². The van der Waals surface area contributed by atoms with Crippen LogP contribution in [0.15, 0.2) is 30.3 Å². The van der Waals surface area contributed by atoms with Gasteiger partial charge in [0.15, 0.2) is 0 Å². The summed E-state index contributed by atoms with van der Waals surface area (Å²) < 4.78 is 0. The molecule has 74 valence electrons. The van der Waals surface area contributed by atoms with Gasteiger partial charge in [0, 0.05) is 5.69 Å². The van der Waals surface area contributed by atoms with Gasteiger partial charge in [-0.25, -0.2) is 0 Å². The Kier molecular flexibility index (Phi) is 6.91. The Morgan fingerprint density at radius 2 is 1.85 bits per heavy atom. The number of hydrogen-bond acceptors (Lipinski definition) is 4. The Morgan fingerprint density at radius 1 is 1.38 bits per heavy atom. The predicted molar refractivity (Wildman–Crippen MR) is 53.0 cm³/mol. The van der Waals surface area contributed by atoms with E-state index in [4.69, 9.17) is 16.1 Å². The van der Waals surface area contributed by atoms with Crippen molar-refractivity contribution in [2.45, 2.75) is 13.0 Å². The van der Waals surface area contributed by atoms with Crippen LogP contribution in [0.1, 0.15) is 6.92 Å². The summed E-state index contributed by atoms with van der Waals surface area (Å²) in [5.41, 5.74) is 3.46. The van der Waals surface area contributed by atoms with Crippen molar-refractivity contribution in [2.24, 2.45) is 5.84 Å². The van der Waals surface area contributed by atoms with Crippen LogP contribution in [-0.2, 0) is 0 Å². The molecule has 13 heavy (non-hydrogen) atoms. The fourth-order valence-corrected chi connectivity index (χ4v) is 0.534. The standard InChI is InChI=1S/C6H8N2.C3H8O2/c7-8-6-4-2-1-3-5-6;1-3(5)2-4/h1-5,8H,7H2;3-5H,2H2,1H3. The van der Waals surface area contributed by atoms with E-state index in [1.54, 1.807) is 0 Å². The highest BCUT2D eigenvalue weighted by Gasteiger charge is 1.83. The zero-order valence-corrected chi connectivity index (χ0v) is 7.64. The van der Waals surface area contributed by atoms with Crippen LogP contribution < -0.4 is 11.3 Å². The second-order valence-corrected chi connectivity index (χ2v) is 2.54. The average Bonchev–Trinajstić information content (AvgIpc) is 2.20. The molecule has 0 amide bonds. The quantitative estimate of drug-likeness (QED) is 0.394. The first-order chi connectivity index (χ1) is 6.20. The molecular formula is C9H16N2O2. The number of benzene rings is 1. The summed E-state index contributed by atoms with van der Waals surface area (Å²) in [6.07, 6.45) is -0.560. The number of anilines is 1. The minimum Gasteiger partial charge on any atom is -0.394 e. The van der Waals surface area contributed by atoms with Gasteiger partial charge < -0.3 is 15.6 Å². The zero-order valence-electron chi connectivity index (χ0n) is 7.64. The van der Waals surface area contributed by atoms with Crippen LogP contribution in [0.3, 0.4) is 0 Å². The van der Waals surface area contributed by atoms with Crippen LogP contribution in [0.4, 0.5) is 5.69 Å². The van der Waals surface area contributed by atoms with Crippen molar-refractivity contribution >= 4 is 5.69 Å². The molecule has 0 radical (unpaired) electrons. The number of nitrogen functional groups attached to an aromatic ring is 1. The summed E-state index contributed by atoms with van der Waals surface area (Å²) in [5.74, 6) is 5.10. The molecule has 0 aliphatic carbocycles. The van der Waals surface area contributed by atoms with E-state index in [0.29, 0.717) is 0 Å². The first kappa shape index (κ1) is 11.9. The highest BCUT2D eigenvalue weighted by Crippen LogP contribution is 2.00. The molecule has 0 spiro atoms. The van der Waals surface area contributed by atoms with Gasteiger partial charge in [0.05, 0.1) is 12.7 Å². The largest absolute Gasteiger partial charge is 0.394 e. The highest BCUT2D eigenvalue weighted by atomic mass is 16.3. The Morgan fingerprint density at radius 3 is 2.08 bits per heavy atom. The maximum Gasteiger partial charge on any atom is 0.0742 e. The molecule has 0 heterocycles. The number of hydrazine groups is 1. The fraction of sp³-hybridized carbons (Fsp3) is 0.333. The number of nitrogens with one attached hydrogen (secondary N) is 1. The normalized spacial score (nSPS) is 11.1. The van der Waals surface area contributed by atoms with E-state index in [0.717, 1.165) is 5.69 Å². The topological polar surface area (TPSA) is 78.5 Å². The second-order valence-electron chi connectivity index (χ2n) is 2.54. The van der Waals surface area contributed by atoms with E-state index in [1.807, 2.05) is 30.3 Å². The molecule has 0 aliphatic heterocycles. The van der Waals surface area contributed by atoms with Crippen molar-refractivity contribution in [3.63, 3.8) is 0 Å². The molecule has 1 atom stereocenters. The van der Waals surface area contributed by atoms with Crippen molar-refractivity contribution in [3.05, 3.63) is 30.3 Å². The van der Waals surface area contributed by atoms with E-state index >= 15 is 0 Å². The zero-order chi connectivity index (χ0) is 10.1. The lowest BCUT2D eigenvalue weighted by molar-refractivity contribution is 0.110. The molecule has 0 aliphatic rings. The summed E-state index contributed by atoms with van der Waals surface area (Å²) in [7, 11) is 0. The SMILES string of the molecule is CC(O)CO.NNc1ccccc1. The van der Waals surface area contributed by atoms with Gasteiger partial charge in [-0.1, -0.05) is 18.2 Å². The molecule has 4 nitrogen and oxygen atoms in total. The minimum absolute atomic E-state index is 0.139. The Hall–Kier alpha value is -1.10. The van der Waals surface area contributed by atoms with Crippen molar-refractivity contribution in [3.8, 4) is 0 Å². The van der Waals surface area contributed by atoms with Gasteiger partial charge in [-0.3, -0.25) is 5.84 Å². The first-order valence-electron chi connectivity index (χ1n) is 4.01. The van der Waals surface area contributed by atoms with E-state index < -0.39 is 6.10 Å².